The summed E-state index contributed by atoms with van der Waals surface area (Å²) in [7, 11) is 0. The van der Waals surface area contributed by atoms with Crippen LogP contribution in [-0.4, -0.2) is 22.5 Å². The highest BCUT2D eigenvalue weighted by Crippen LogP contribution is 2.10. The van der Waals surface area contributed by atoms with E-state index in [-0.39, 0.29) is 24.4 Å². The van der Waals surface area contributed by atoms with Crippen LogP contribution in [-0.2, 0) is 11.2 Å². The fourth-order valence-corrected chi connectivity index (χ4v) is 1.78. The van der Waals surface area contributed by atoms with Crippen LogP contribution in [0.2, 0.25) is 0 Å². The summed E-state index contributed by atoms with van der Waals surface area (Å²) in [6.07, 6.45) is 1.12. The Morgan fingerprint density at radius 1 is 1.29 bits per heavy atom. The third kappa shape index (κ3) is 3.71. The third-order valence-electron chi connectivity index (χ3n) is 2.64. The molecule has 0 radical (unpaired) electrons. The zero-order chi connectivity index (χ0) is 15.4. The van der Waals surface area contributed by atoms with Gasteiger partial charge in [-0.05, 0) is 24.6 Å². The first-order valence-corrected chi connectivity index (χ1v) is 6.20. The number of hydrogen-bond acceptors (Lipinski definition) is 4. The van der Waals surface area contributed by atoms with Gasteiger partial charge in [0.05, 0.1) is 6.61 Å². The van der Waals surface area contributed by atoms with Gasteiger partial charge in [-0.1, -0.05) is 0 Å². The van der Waals surface area contributed by atoms with E-state index in [2.05, 4.69) is 9.97 Å². The van der Waals surface area contributed by atoms with Gasteiger partial charge in [-0.15, -0.1) is 0 Å². The molecule has 0 bridgehead atoms. The van der Waals surface area contributed by atoms with Gasteiger partial charge in [-0.3, -0.25) is 4.79 Å². The maximum atomic E-state index is 13.1. The van der Waals surface area contributed by atoms with Crippen molar-refractivity contribution in [2.24, 2.45) is 0 Å². The maximum Gasteiger partial charge on any atom is 0.345 e. The molecule has 1 heterocycles. The van der Waals surface area contributed by atoms with Gasteiger partial charge < -0.3 is 9.72 Å². The van der Waals surface area contributed by atoms with Crippen LogP contribution in [0.1, 0.15) is 28.7 Å². The molecule has 0 atom stereocenters. The molecular formula is C14H12F2N2O3. The van der Waals surface area contributed by atoms with Crippen molar-refractivity contribution in [2.75, 3.05) is 6.61 Å². The summed E-state index contributed by atoms with van der Waals surface area (Å²) in [5.41, 5.74) is -0.555. The van der Waals surface area contributed by atoms with Crippen LogP contribution in [0.25, 0.3) is 0 Å². The van der Waals surface area contributed by atoms with E-state index >= 15 is 0 Å². The first kappa shape index (κ1) is 14.8. The number of ether oxygens (including phenoxy) is 1. The fourth-order valence-electron chi connectivity index (χ4n) is 1.78. The Morgan fingerprint density at radius 3 is 2.52 bits per heavy atom. The number of H-pyrrole nitrogens is 1. The summed E-state index contributed by atoms with van der Waals surface area (Å²) in [5.74, 6) is -2.00. The number of carbonyl (C=O) groups excluding carboxylic acids is 1. The van der Waals surface area contributed by atoms with Crippen molar-refractivity contribution in [1.29, 1.82) is 0 Å². The molecule has 110 valence electrons. The van der Waals surface area contributed by atoms with Gasteiger partial charge in [0.2, 0.25) is 0 Å². The van der Waals surface area contributed by atoms with Crippen LogP contribution in [0.4, 0.5) is 8.78 Å². The zero-order valence-corrected chi connectivity index (χ0v) is 11.2. The molecule has 21 heavy (non-hydrogen) atoms. The second kappa shape index (κ2) is 6.25. The highest BCUT2D eigenvalue weighted by atomic mass is 19.1. The fraction of sp³-hybridized carbons (Fsp3) is 0.214. The molecule has 5 nitrogen and oxygen atoms in total. The molecule has 2 aromatic rings. The predicted octanol–water partition coefficient (Wildman–Crippen LogP) is 1.82. The second-order valence-electron chi connectivity index (χ2n) is 4.25. The molecular weight excluding hydrogens is 282 g/mol. The minimum absolute atomic E-state index is 0.0347. The van der Waals surface area contributed by atoms with Crippen molar-refractivity contribution < 1.29 is 18.3 Å². The van der Waals surface area contributed by atoms with Crippen LogP contribution in [0.15, 0.2) is 29.2 Å². The molecule has 0 saturated carbocycles. The van der Waals surface area contributed by atoms with Gasteiger partial charge in [0.1, 0.15) is 23.0 Å². The van der Waals surface area contributed by atoms with Crippen LogP contribution < -0.4 is 5.56 Å². The number of halogens is 2. The summed E-state index contributed by atoms with van der Waals surface area (Å²) in [6, 6.07) is 3.04. The van der Waals surface area contributed by atoms with Crippen LogP contribution in [0, 0.1) is 11.6 Å². The summed E-state index contributed by atoms with van der Waals surface area (Å²) < 4.78 is 30.8. The number of benzene rings is 1. The molecule has 0 unspecified atom stereocenters. The van der Waals surface area contributed by atoms with Gasteiger partial charge in [-0.2, -0.15) is 0 Å². The maximum absolute atomic E-state index is 13.1. The Kier molecular flexibility index (Phi) is 4.42. The average molecular weight is 294 g/mol. The van der Waals surface area contributed by atoms with Gasteiger partial charge in [-0.25, -0.2) is 18.6 Å². The molecule has 0 saturated heterocycles. The van der Waals surface area contributed by atoms with Gasteiger partial charge in [0.15, 0.2) is 0 Å². The molecule has 1 aromatic heterocycles. The highest BCUT2D eigenvalue weighted by molar-refractivity contribution is 5.88. The molecule has 0 fully saturated rings. The largest absolute Gasteiger partial charge is 0.462 e. The number of aromatic nitrogens is 2. The standard InChI is InChI=1S/C14H12F2N2O3/c1-2-21-14(20)11-7-17-12(18-13(11)19)5-8-3-9(15)6-10(16)4-8/h3-4,6-7H,2,5H2,1H3,(H,17,18,19). The molecule has 2 rings (SSSR count). The van der Waals surface area contributed by atoms with E-state index in [4.69, 9.17) is 4.74 Å². The first-order chi connectivity index (χ1) is 9.99. The van der Waals surface area contributed by atoms with Crippen molar-refractivity contribution in [2.45, 2.75) is 13.3 Å². The zero-order valence-electron chi connectivity index (χ0n) is 11.2. The number of carbonyl (C=O) groups is 1. The van der Waals surface area contributed by atoms with Crippen LogP contribution in [0.3, 0.4) is 0 Å². The molecule has 1 N–H and O–H groups in total. The SMILES string of the molecule is CCOC(=O)c1cnc(Cc2cc(F)cc(F)c2)[nH]c1=O. The number of aromatic amines is 1. The lowest BCUT2D eigenvalue weighted by atomic mass is 10.1. The summed E-state index contributed by atoms with van der Waals surface area (Å²) in [6.45, 7) is 1.76. The van der Waals surface area contributed by atoms with E-state index in [0.717, 1.165) is 24.4 Å². The monoisotopic (exact) mass is 294 g/mol. The Morgan fingerprint density at radius 2 is 1.95 bits per heavy atom. The third-order valence-corrected chi connectivity index (χ3v) is 2.64. The molecule has 0 spiro atoms. The Bertz CT molecular complexity index is 708. The lowest BCUT2D eigenvalue weighted by Crippen LogP contribution is -2.22. The average Bonchev–Trinajstić information content (AvgIpc) is 2.37. The molecule has 0 aliphatic heterocycles. The van der Waals surface area contributed by atoms with E-state index in [1.54, 1.807) is 6.92 Å². The van der Waals surface area contributed by atoms with E-state index in [1.165, 1.54) is 0 Å². The number of hydrogen-bond donors (Lipinski definition) is 1. The second-order valence-corrected chi connectivity index (χ2v) is 4.25. The van der Waals surface area contributed by atoms with Crippen molar-refractivity contribution in [1.82, 2.24) is 9.97 Å². The predicted molar refractivity (Wildman–Crippen MR) is 70.0 cm³/mol. The summed E-state index contributed by atoms with van der Waals surface area (Å²) >= 11 is 0. The van der Waals surface area contributed by atoms with Crippen LogP contribution >= 0.6 is 0 Å². The molecule has 7 heteroatoms. The molecule has 0 amide bonds. The number of nitrogens with zero attached hydrogens (tertiary/aromatic N) is 1. The minimum Gasteiger partial charge on any atom is -0.462 e. The summed E-state index contributed by atoms with van der Waals surface area (Å²) in [4.78, 5) is 29.5. The van der Waals surface area contributed by atoms with Crippen molar-refractivity contribution >= 4 is 5.97 Å². The summed E-state index contributed by atoms with van der Waals surface area (Å²) in [5, 5.41) is 0. The lowest BCUT2D eigenvalue weighted by Gasteiger charge is -2.04. The van der Waals surface area contributed by atoms with Gasteiger partial charge in [0.25, 0.3) is 5.56 Å². The van der Waals surface area contributed by atoms with E-state index in [0.29, 0.717) is 5.56 Å². The van der Waals surface area contributed by atoms with Crippen molar-refractivity contribution in [3.63, 3.8) is 0 Å². The Labute approximate surface area is 118 Å². The Balaban J connectivity index is 2.24. The van der Waals surface area contributed by atoms with Gasteiger partial charge >= 0.3 is 5.97 Å². The number of nitrogens with one attached hydrogen (secondary N) is 1. The smallest absolute Gasteiger partial charge is 0.345 e. The minimum atomic E-state index is -0.769. The highest BCUT2D eigenvalue weighted by Gasteiger charge is 2.13. The van der Waals surface area contributed by atoms with E-state index in [1.807, 2.05) is 0 Å². The van der Waals surface area contributed by atoms with E-state index < -0.39 is 23.2 Å². The first-order valence-electron chi connectivity index (χ1n) is 6.20. The van der Waals surface area contributed by atoms with Crippen molar-refractivity contribution in [3.05, 3.63) is 63.3 Å². The Hall–Kier alpha value is -2.57. The number of rotatable bonds is 4. The molecule has 0 aliphatic rings. The van der Waals surface area contributed by atoms with Crippen molar-refractivity contribution in [3.8, 4) is 0 Å². The van der Waals surface area contributed by atoms with E-state index in [9.17, 15) is 18.4 Å². The molecule has 1 aromatic carbocycles. The van der Waals surface area contributed by atoms with Gasteiger partial charge in [0, 0.05) is 18.7 Å². The molecule has 0 aliphatic carbocycles. The topological polar surface area (TPSA) is 72.0 Å². The quantitative estimate of drug-likeness (QED) is 0.873. The lowest BCUT2D eigenvalue weighted by molar-refractivity contribution is 0.0523. The van der Waals surface area contributed by atoms with Crippen LogP contribution in [0.5, 0.6) is 0 Å². The number of esters is 1. The normalized spacial score (nSPS) is 10.4.